The highest BCUT2D eigenvalue weighted by atomic mass is 127. The van der Waals surface area contributed by atoms with Crippen LogP contribution in [0, 0.1) is 15.0 Å². The van der Waals surface area contributed by atoms with Gasteiger partial charge in [0.25, 0.3) is 5.91 Å². The zero-order chi connectivity index (χ0) is 24.0. The van der Waals surface area contributed by atoms with Crippen molar-refractivity contribution < 1.29 is 9.53 Å². The Kier molecular flexibility index (Phi) is 6.04. The van der Waals surface area contributed by atoms with Crippen LogP contribution in [-0.4, -0.2) is 45.0 Å². The minimum atomic E-state index is -0.732. The van der Waals surface area contributed by atoms with Crippen LogP contribution in [-0.2, 0) is 16.0 Å². The van der Waals surface area contributed by atoms with E-state index in [0.717, 1.165) is 9.26 Å². The lowest BCUT2D eigenvalue weighted by atomic mass is 9.85. The lowest BCUT2D eigenvalue weighted by molar-refractivity contribution is -0.126. The first-order chi connectivity index (χ1) is 16.4. The molecular formula is C24H18Cl2IN5O2. The SMILES string of the molecule is COC1=C(c2cc(Cl)cc(Cl)c2)C(=O)N2C[C@@H](n3nncc3I)CC12Cc1ccc(C#N)cc1. The van der Waals surface area contributed by atoms with E-state index in [0.29, 0.717) is 51.9 Å². The number of carbonyl (C=O) groups excluding carboxylic acids is 1. The van der Waals surface area contributed by atoms with Crippen molar-refractivity contribution in [3.05, 3.63) is 84.9 Å². The Labute approximate surface area is 220 Å². The first kappa shape index (κ1) is 23.1. The minimum absolute atomic E-state index is 0.0635. The highest BCUT2D eigenvalue weighted by Gasteiger charge is 2.59. The van der Waals surface area contributed by atoms with E-state index in [4.69, 9.17) is 27.9 Å². The molecular weight excluding hydrogens is 588 g/mol. The fourth-order valence-corrected chi connectivity index (χ4v) is 6.22. The molecule has 0 saturated carbocycles. The molecule has 5 rings (SSSR count). The molecule has 1 aromatic heterocycles. The molecule has 3 aromatic rings. The van der Waals surface area contributed by atoms with Gasteiger partial charge in [-0.2, -0.15) is 5.26 Å². The molecule has 1 amide bonds. The van der Waals surface area contributed by atoms with E-state index in [9.17, 15) is 10.1 Å². The van der Waals surface area contributed by atoms with E-state index >= 15 is 0 Å². The zero-order valence-electron chi connectivity index (χ0n) is 18.0. The predicted octanol–water partition coefficient (Wildman–Crippen LogP) is 4.89. The number of aromatic nitrogens is 3. The van der Waals surface area contributed by atoms with Crippen LogP contribution >= 0.6 is 45.8 Å². The van der Waals surface area contributed by atoms with Gasteiger partial charge in [-0.05, 0) is 64.0 Å². The van der Waals surface area contributed by atoms with E-state index in [1.54, 1.807) is 43.6 Å². The number of carbonyl (C=O) groups is 1. The number of nitrogens with zero attached hydrogens (tertiary/aromatic N) is 5. The Morgan fingerprint density at radius 1 is 1.24 bits per heavy atom. The van der Waals surface area contributed by atoms with Crippen LogP contribution in [0.25, 0.3) is 5.57 Å². The fraction of sp³-hybridized carbons (Fsp3) is 0.250. The molecule has 1 unspecified atom stereocenters. The molecule has 172 valence electrons. The molecule has 0 spiro atoms. The number of hydrogen-bond donors (Lipinski definition) is 0. The smallest absolute Gasteiger partial charge is 0.258 e. The van der Waals surface area contributed by atoms with Crippen LogP contribution in [0.5, 0.6) is 0 Å². The number of ether oxygens (including phenoxy) is 1. The van der Waals surface area contributed by atoms with Gasteiger partial charge in [0.15, 0.2) is 0 Å². The van der Waals surface area contributed by atoms with E-state index in [1.165, 1.54) is 0 Å². The van der Waals surface area contributed by atoms with Crippen LogP contribution in [0.4, 0.5) is 0 Å². The van der Waals surface area contributed by atoms with Gasteiger partial charge < -0.3 is 9.64 Å². The third kappa shape index (κ3) is 3.76. The Bertz CT molecular complexity index is 1340. The molecule has 3 heterocycles. The van der Waals surface area contributed by atoms with Gasteiger partial charge in [0.05, 0.1) is 36.6 Å². The molecule has 0 aliphatic carbocycles. The highest BCUT2D eigenvalue weighted by Crippen LogP contribution is 2.52. The van der Waals surface area contributed by atoms with Crippen molar-refractivity contribution in [2.24, 2.45) is 0 Å². The summed E-state index contributed by atoms with van der Waals surface area (Å²) in [5, 5.41) is 18.4. The normalized spacial score (nSPS) is 21.7. The highest BCUT2D eigenvalue weighted by molar-refractivity contribution is 14.1. The van der Waals surface area contributed by atoms with Gasteiger partial charge >= 0.3 is 0 Å². The standard InChI is InChI=1S/C24H18Cl2IN5O2/c1-34-22-21(16-6-17(25)8-18(26)7-16)23(33)31-13-19(32-20(27)12-29-30-32)10-24(22,31)9-14-2-4-15(11-28)5-3-14/h2-8,12,19H,9-10,13H2,1H3/t19-,24?/m0/s1. The van der Waals surface area contributed by atoms with Gasteiger partial charge in [0.2, 0.25) is 0 Å². The number of halogens is 3. The van der Waals surface area contributed by atoms with Crippen molar-refractivity contribution >= 4 is 57.3 Å². The molecule has 10 heteroatoms. The van der Waals surface area contributed by atoms with Gasteiger partial charge in [-0.1, -0.05) is 40.5 Å². The number of nitriles is 1. The largest absolute Gasteiger partial charge is 0.498 e. The first-order valence-electron chi connectivity index (χ1n) is 10.5. The number of hydrogen-bond acceptors (Lipinski definition) is 5. The third-order valence-electron chi connectivity index (χ3n) is 6.40. The average molecular weight is 606 g/mol. The zero-order valence-corrected chi connectivity index (χ0v) is 21.7. The van der Waals surface area contributed by atoms with E-state index in [2.05, 4.69) is 39.0 Å². The number of amides is 1. The van der Waals surface area contributed by atoms with Crippen LogP contribution in [0.3, 0.4) is 0 Å². The molecule has 2 aliphatic rings. The number of fused-ring (bicyclic) bond motifs is 1. The maximum Gasteiger partial charge on any atom is 0.258 e. The van der Waals surface area contributed by atoms with Crippen molar-refractivity contribution in [3.8, 4) is 6.07 Å². The Morgan fingerprint density at radius 3 is 2.53 bits per heavy atom. The van der Waals surface area contributed by atoms with Crippen LogP contribution in [0.15, 0.2) is 54.4 Å². The van der Waals surface area contributed by atoms with Gasteiger partial charge in [-0.3, -0.25) is 4.79 Å². The molecule has 34 heavy (non-hydrogen) atoms. The second-order valence-corrected chi connectivity index (χ2v) is 10.3. The Balaban J connectivity index is 1.66. The molecule has 2 aliphatic heterocycles. The molecule has 2 atom stereocenters. The molecule has 7 nitrogen and oxygen atoms in total. The summed E-state index contributed by atoms with van der Waals surface area (Å²) in [7, 11) is 1.59. The van der Waals surface area contributed by atoms with Gasteiger partial charge in [0.1, 0.15) is 15.0 Å². The summed E-state index contributed by atoms with van der Waals surface area (Å²) in [6, 6.07) is 14.6. The van der Waals surface area contributed by atoms with Crippen molar-refractivity contribution in [3.63, 3.8) is 0 Å². The van der Waals surface area contributed by atoms with E-state index < -0.39 is 5.54 Å². The molecule has 0 N–H and O–H groups in total. The van der Waals surface area contributed by atoms with Crippen molar-refractivity contribution in [1.29, 1.82) is 5.26 Å². The third-order valence-corrected chi connectivity index (χ3v) is 7.61. The summed E-state index contributed by atoms with van der Waals surface area (Å²) in [6.07, 6.45) is 2.82. The summed E-state index contributed by atoms with van der Waals surface area (Å²) < 4.78 is 8.74. The van der Waals surface area contributed by atoms with Gasteiger partial charge in [-0.25, -0.2) is 4.68 Å². The Morgan fingerprint density at radius 2 is 1.94 bits per heavy atom. The van der Waals surface area contributed by atoms with Crippen molar-refractivity contribution in [1.82, 2.24) is 19.9 Å². The summed E-state index contributed by atoms with van der Waals surface area (Å²) in [6.45, 7) is 0.457. The summed E-state index contributed by atoms with van der Waals surface area (Å²) >= 11 is 14.7. The Hall–Kier alpha value is -2.61. The maximum absolute atomic E-state index is 13.9. The minimum Gasteiger partial charge on any atom is -0.498 e. The van der Waals surface area contributed by atoms with Crippen LogP contribution in [0.1, 0.15) is 29.2 Å². The van der Waals surface area contributed by atoms with Crippen LogP contribution in [0.2, 0.25) is 10.0 Å². The topological polar surface area (TPSA) is 84.0 Å². The van der Waals surface area contributed by atoms with E-state index in [1.807, 2.05) is 21.7 Å². The molecule has 1 saturated heterocycles. The van der Waals surface area contributed by atoms with Crippen molar-refractivity contribution in [2.45, 2.75) is 24.4 Å². The number of methoxy groups -OCH3 is 1. The quantitative estimate of drug-likeness (QED) is 0.387. The molecule has 0 radical (unpaired) electrons. The second-order valence-electron chi connectivity index (χ2n) is 8.36. The summed E-state index contributed by atoms with van der Waals surface area (Å²) in [4.78, 5) is 15.8. The fourth-order valence-electron chi connectivity index (χ4n) is 5.08. The lowest BCUT2D eigenvalue weighted by Gasteiger charge is -2.34. The molecule has 2 aromatic carbocycles. The lowest BCUT2D eigenvalue weighted by Crippen LogP contribution is -2.45. The van der Waals surface area contributed by atoms with Crippen molar-refractivity contribution in [2.75, 3.05) is 13.7 Å². The summed E-state index contributed by atoms with van der Waals surface area (Å²) in [5.74, 6) is 0.444. The maximum atomic E-state index is 13.9. The number of rotatable bonds is 5. The molecule has 0 bridgehead atoms. The second kappa shape index (κ2) is 8.87. The van der Waals surface area contributed by atoms with Gasteiger partial charge in [-0.15, -0.1) is 5.10 Å². The molecule has 1 fully saturated rings. The summed E-state index contributed by atoms with van der Waals surface area (Å²) in [5.41, 5.74) is 1.93. The monoisotopic (exact) mass is 605 g/mol. The van der Waals surface area contributed by atoms with Crippen LogP contribution < -0.4 is 0 Å². The predicted molar refractivity (Wildman–Crippen MR) is 136 cm³/mol. The first-order valence-corrected chi connectivity index (χ1v) is 12.3. The average Bonchev–Trinajstić information content (AvgIpc) is 3.45. The van der Waals surface area contributed by atoms with E-state index in [-0.39, 0.29) is 11.9 Å². The van der Waals surface area contributed by atoms with Gasteiger partial charge in [0, 0.05) is 29.4 Å². The number of benzene rings is 2.